The fourth-order valence-corrected chi connectivity index (χ4v) is 3.61. The molecule has 0 bridgehead atoms. The van der Waals surface area contributed by atoms with Crippen molar-refractivity contribution in [1.29, 1.82) is 0 Å². The summed E-state index contributed by atoms with van der Waals surface area (Å²) in [5.74, 6) is 0.580. The highest BCUT2D eigenvalue weighted by Gasteiger charge is 2.37. The minimum Gasteiger partial charge on any atom is -0.461 e. The van der Waals surface area contributed by atoms with Crippen molar-refractivity contribution in [2.45, 2.75) is 71.1 Å². The molecule has 0 spiro atoms. The number of esters is 1. The molecular weight excluding hydrogens is 252 g/mol. The molecule has 2 unspecified atom stereocenters. The lowest BCUT2D eigenvalue weighted by Gasteiger charge is -2.35. The van der Waals surface area contributed by atoms with Crippen LogP contribution in [0.25, 0.3) is 0 Å². The minimum atomic E-state index is 0.00714. The van der Waals surface area contributed by atoms with Gasteiger partial charge in [-0.3, -0.25) is 9.69 Å². The molecule has 2 saturated heterocycles. The van der Waals surface area contributed by atoms with Gasteiger partial charge in [-0.15, -0.1) is 0 Å². The van der Waals surface area contributed by atoms with Crippen LogP contribution in [0.4, 0.5) is 0 Å². The molecule has 0 aromatic carbocycles. The highest BCUT2D eigenvalue weighted by molar-refractivity contribution is 5.76. The standard InChI is InChI=1S/C16H30N2O2/c1-12(2)11-13(3)20-16(19)15-5-4-10-18(15)14-6-8-17-9-7-14/h12-15,17H,4-11H2,1-3H3. The van der Waals surface area contributed by atoms with Crippen LogP contribution >= 0.6 is 0 Å². The van der Waals surface area contributed by atoms with E-state index in [0.29, 0.717) is 12.0 Å². The molecule has 0 amide bonds. The molecule has 2 heterocycles. The van der Waals surface area contributed by atoms with Gasteiger partial charge in [-0.05, 0) is 64.6 Å². The second-order valence-electron chi connectivity index (χ2n) is 6.75. The Kier molecular flexibility index (Phi) is 5.85. The summed E-state index contributed by atoms with van der Waals surface area (Å²) in [5, 5.41) is 3.39. The maximum atomic E-state index is 12.4. The van der Waals surface area contributed by atoms with Crippen LogP contribution in [0, 0.1) is 5.92 Å². The molecular formula is C16H30N2O2. The summed E-state index contributed by atoms with van der Waals surface area (Å²) >= 11 is 0. The summed E-state index contributed by atoms with van der Waals surface area (Å²) in [6.45, 7) is 9.56. The van der Waals surface area contributed by atoms with Crippen LogP contribution in [0.2, 0.25) is 0 Å². The number of rotatable bonds is 5. The third-order valence-corrected chi connectivity index (χ3v) is 4.46. The van der Waals surface area contributed by atoms with Crippen LogP contribution in [0.3, 0.4) is 0 Å². The topological polar surface area (TPSA) is 41.6 Å². The zero-order valence-electron chi connectivity index (χ0n) is 13.2. The number of hydrogen-bond donors (Lipinski definition) is 1. The van der Waals surface area contributed by atoms with Crippen molar-refractivity contribution in [3.63, 3.8) is 0 Å². The quantitative estimate of drug-likeness (QED) is 0.785. The molecule has 2 aliphatic heterocycles. The number of carbonyl (C=O) groups excluding carboxylic acids is 1. The van der Waals surface area contributed by atoms with E-state index in [9.17, 15) is 4.79 Å². The Balaban J connectivity index is 1.87. The fraction of sp³-hybridized carbons (Fsp3) is 0.938. The van der Waals surface area contributed by atoms with Gasteiger partial charge >= 0.3 is 5.97 Å². The molecule has 0 aromatic heterocycles. The molecule has 116 valence electrons. The van der Waals surface area contributed by atoms with Crippen molar-refractivity contribution in [3.8, 4) is 0 Å². The Bertz CT molecular complexity index is 314. The van der Waals surface area contributed by atoms with Gasteiger partial charge in [-0.2, -0.15) is 0 Å². The first-order chi connectivity index (χ1) is 9.58. The van der Waals surface area contributed by atoms with E-state index in [4.69, 9.17) is 4.74 Å². The van der Waals surface area contributed by atoms with Gasteiger partial charge in [0.15, 0.2) is 0 Å². The highest BCUT2D eigenvalue weighted by Crippen LogP contribution is 2.26. The molecule has 0 saturated carbocycles. The Labute approximate surface area is 123 Å². The summed E-state index contributed by atoms with van der Waals surface area (Å²) in [6.07, 6.45) is 5.40. The van der Waals surface area contributed by atoms with Gasteiger partial charge in [0.2, 0.25) is 0 Å². The summed E-state index contributed by atoms with van der Waals surface area (Å²) in [4.78, 5) is 14.8. The van der Waals surface area contributed by atoms with Crippen molar-refractivity contribution < 1.29 is 9.53 Å². The molecule has 20 heavy (non-hydrogen) atoms. The van der Waals surface area contributed by atoms with Crippen molar-refractivity contribution in [2.24, 2.45) is 5.92 Å². The summed E-state index contributed by atoms with van der Waals surface area (Å²) < 4.78 is 5.67. The largest absolute Gasteiger partial charge is 0.461 e. The third-order valence-electron chi connectivity index (χ3n) is 4.46. The van der Waals surface area contributed by atoms with E-state index < -0.39 is 0 Å². The van der Waals surface area contributed by atoms with E-state index >= 15 is 0 Å². The van der Waals surface area contributed by atoms with E-state index in [2.05, 4.69) is 24.1 Å². The van der Waals surface area contributed by atoms with Crippen molar-refractivity contribution >= 4 is 5.97 Å². The lowest BCUT2D eigenvalue weighted by Crippen LogP contribution is -2.48. The van der Waals surface area contributed by atoms with Gasteiger partial charge in [0.1, 0.15) is 6.04 Å². The number of ether oxygens (including phenoxy) is 1. The Morgan fingerprint density at radius 3 is 2.60 bits per heavy atom. The lowest BCUT2D eigenvalue weighted by molar-refractivity contribution is -0.155. The average molecular weight is 282 g/mol. The number of nitrogens with zero attached hydrogens (tertiary/aromatic N) is 1. The van der Waals surface area contributed by atoms with Gasteiger partial charge in [0.25, 0.3) is 0 Å². The number of likely N-dealkylation sites (tertiary alicyclic amines) is 1. The van der Waals surface area contributed by atoms with E-state index in [1.165, 1.54) is 0 Å². The van der Waals surface area contributed by atoms with Crippen LogP contribution < -0.4 is 5.32 Å². The lowest BCUT2D eigenvalue weighted by atomic mass is 10.0. The van der Waals surface area contributed by atoms with Gasteiger partial charge in [0.05, 0.1) is 6.10 Å². The second-order valence-corrected chi connectivity index (χ2v) is 6.75. The molecule has 2 atom stereocenters. The van der Waals surface area contributed by atoms with Gasteiger partial charge in [0, 0.05) is 6.04 Å². The predicted octanol–water partition coefficient (Wildman–Crippen LogP) is 2.18. The molecule has 4 heteroatoms. The van der Waals surface area contributed by atoms with Crippen molar-refractivity contribution in [3.05, 3.63) is 0 Å². The van der Waals surface area contributed by atoms with Crippen LogP contribution in [-0.2, 0) is 9.53 Å². The minimum absolute atomic E-state index is 0.00714. The number of piperidine rings is 1. The molecule has 2 fully saturated rings. The molecule has 0 aliphatic carbocycles. The third kappa shape index (κ3) is 4.19. The van der Waals surface area contributed by atoms with Crippen LogP contribution in [0.15, 0.2) is 0 Å². The molecule has 0 radical (unpaired) electrons. The summed E-state index contributed by atoms with van der Waals surface area (Å²) in [5.41, 5.74) is 0. The van der Waals surface area contributed by atoms with Crippen LogP contribution in [0.5, 0.6) is 0 Å². The van der Waals surface area contributed by atoms with E-state index in [0.717, 1.165) is 51.7 Å². The van der Waals surface area contributed by atoms with Crippen LogP contribution in [0.1, 0.15) is 52.9 Å². The second kappa shape index (κ2) is 7.41. The first kappa shape index (κ1) is 15.8. The first-order valence-electron chi connectivity index (χ1n) is 8.25. The fourth-order valence-electron chi connectivity index (χ4n) is 3.61. The normalized spacial score (nSPS) is 26.9. The van der Waals surface area contributed by atoms with Gasteiger partial charge in [-0.1, -0.05) is 13.8 Å². The highest BCUT2D eigenvalue weighted by atomic mass is 16.5. The van der Waals surface area contributed by atoms with Gasteiger partial charge < -0.3 is 10.1 Å². The predicted molar refractivity (Wildman–Crippen MR) is 80.6 cm³/mol. The summed E-state index contributed by atoms with van der Waals surface area (Å²) in [7, 11) is 0. The Hall–Kier alpha value is -0.610. The van der Waals surface area contributed by atoms with Crippen molar-refractivity contribution in [2.75, 3.05) is 19.6 Å². The molecule has 1 N–H and O–H groups in total. The SMILES string of the molecule is CC(C)CC(C)OC(=O)C1CCCN1C1CCNCC1. The maximum Gasteiger partial charge on any atom is 0.323 e. The van der Waals surface area contributed by atoms with E-state index in [1.54, 1.807) is 0 Å². The zero-order chi connectivity index (χ0) is 14.5. The first-order valence-corrected chi connectivity index (χ1v) is 8.25. The monoisotopic (exact) mass is 282 g/mol. The Morgan fingerprint density at radius 1 is 1.25 bits per heavy atom. The maximum absolute atomic E-state index is 12.4. The van der Waals surface area contributed by atoms with Crippen LogP contribution in [-0.4, -0.2) is 48.7 Å². The number of hydrogen-bond acceptors (Lipinski definition) is 4. The number of carbonyl (C=O) groups is 1. The smallest absolute Gasteiger partial charge is 0.323 e. The molecule has 4 nitrogen and oxygen atoms in total. The number of nitrogens with one attached hydrogen (secondary N) is 1. The van der Waals surface area contributed by atoms with E-state index in [-0.39, 0.29) is 18.1 Å². The molecule has 0 aromatic rings. The molecule has 2 aliphatic rings. The summed E-state index contributed by atoms with van der Waals surface area (Å²) in [6, 6.07) is 0.574. The zero-order valence-corrected chi connectivity index (χ0v) is 13.2. The van der Waals surface area contributed by atoms with Gasteiger partial charge in [-0.25, -0.2) is 0 Å². The average Bonchev–Trinajstić information content (AvgIpc) is 2.87. The Morgan fingerprint density at radius 2 is 1.95 bits per heavy atom. The molecule has 2 rings (SSSR count). The van der Waals surface area contributed by atoms with Crippen molar-refractivity contribution in [1.82, 2.24) is 10.2 Å². The van der Waals surface area contributed by atoms with E-state index in [1.807, 2.05) is 6.92 Å².